The highest BCUT2D eigenvalue weighted by Crippen LogP contribution is 2.20. The van der Waals surface area contributed by atoms with E-state index in [1.54, 1.807) is 26.2 Å². The molecule has 0 saturated carbocycles. The molecule has 0 saturated heterocycles. The summed E-state index contributed by atoms with van der Waals surface area (Å²) in [6.45, 7) is 2.20. The molecule has 7 heteroatoms. The minimum atomic E-state index is -4.17. The van der Waals surface area contributed by atoms with Crippen LogP contribution < -0.4 is 9.30 Å². The first kappa shape index (κ1) is 13.8. The summed E-state index contributed by atoms with van der Waals surface area (Å²) >= 11 is 0. The second-order valence-electron chi connectivity index (χ2n) is 4.22. The molecule has 0 bridgehead atoms. The normalized spacial score (nSPS) is 11.9. The second kappa shape index (κ2) is 5.18. The van der Waals surface area contributed by atoms with Crippen LogP contribution in [0, 0.1) is 6.92 Å². The van der Waals surface area contributed by atoms with Crippen LogP contribution in [0.2, 0.25) is 0 Å². The molecule has 0 atom stereocenters. The highest BCUT2D eigenvalue weighted by Gasteiger charge is 2.19. The Morgan fingerprint density at radius 3 is 2.79 bits per heavy atom. The van der Waals surface area contributed by atoms with Crippen molar-refractivity contribution in [1.29, 1.82) is 0 Å². The summed E-state index contributed by atoms with van der Waals surface area (Å²) in [4.78, 5) is 0. The number of oxazole rings is 1. The van der Waals surface area contributed by atoms with Gasteiger partial charge in [-0.15, -0.1) is 0 Å². The summed E-state index contributed by atoms with van der Waals surface area (Å²) in [6.07, 6.45) is 0.253. The number of methoxy groups -OCH3 is 1. The molecule has 2 rings (SSSR count). The van der Waals surface area contributed by atoms with Crippen LogP contribution in [0.25, 0.3) is 11.1 Å². The lowest BCUT2D eigenvalue weighted by Crippen LogP contribution is -2.36. The van der Waals surface area contributed by atoms with Gasteiger partial charge in [0.1, 0.15) is 5.75 Å². The number of rotatable bonds is 5. The van der Waals surface area contributed by atoms with Crippen molar-refractivity contribution in [3.63, 3.8) is 0 Å². The van der Waals surface area contributed by atoms with Crippen LogP contribution in [0.5, 0.6) is 5.75 Å². The Kier molecular flexibility index (Phi) is 3.77. The zero-order valence-electron chi connectivity index (χ0n) is 10.8. The van der Waals surface area contributed by atoms with Gasteiger partial charge in [0.2, 0.25) is 5.58 Å². The van der Waals surface area contributed by atoms with Gasteiger partial charge in [-0.05, 0) is 12.1 Å². The second-order valence-corrected chi connectivity index (χ2v) is 5.75. The Morgan fingerprint density at radius 1 is 1.42 bits per heavy atom. The molecule has 1 heterocycles. The third-order valence-corrected chi connectivity index (χ3v) is 3.66. The Morgan fingerprint density at radius 2 is 2.16 bits per heavy atom. The van der Waals surface area contributed by atoms with E-state index in [2.05, 4.69) is 0 Å². The number of benzene rings is 1. The number of nitrogens with zero attached hydrogens (tertiary/aromatic N) is 1. The van der Waals surface area contributed by atoms with E-state index in [1.807, 2.05) is 10.6 Å². The van der Waals surface area contributed by atoms with E-state index in [9.17, 15) is 13.0 Å². The van der Waals surface area contributed by atoms with Gasteiger partial charge in [0.15, 0.2) is 6.54 Å². The van der Waals surface area contributed by atoms with Gasteiger partial charge in [-0.3, -0.25) is 0 Å². The molecule has 0 aliphatic rings. The van der Waals surface area contributed by atoms with Crippen molar-refractivity contribution < 1.29 is 26.7 Å². The summed E-state index contributed by atoms with van der Waals surface area (Å²) in [7, 11) is -2.60. The molecule has 1 aromatic carbocycles. The van der Waals surface area contributed by atoms with Gasteiger partial charge >= 0.3 is 5.89 Å². The Labute approximate surface area is 111 Å². The van der Waals surface area contributed by atoms with E-state index < -0.39 is 10.1 Å². The zero-order chi connectivity index (χ0) is 14.0. The Balaban J connectivity index is 2.28. The number of ether oxygens (including phenoxy) is 1. The monoisotopic (exact) mass is 285 g/mol. The maximum absolute atomic E-state index is 10.6. The topological polar surface area (TPSA) is 83.5 Å². The van der Waals surface area contributed by atoms with Crippen molar-refractivity contribution in [2.75, 3.05) is 12.9 Å². The van der Waals surface area contributed by atoms with Crippen LogP contribution >= 0.6 is 0 Å². The number of aromatic nitrogens is 1. The van der Waals surface area contributed by atoms with E-state index in [4.69, 9.17) is 9.15 Å². The van der Waals surface area contributed by atoms with E-state index in [-0.39, 0.29) is 12.2 Å². The molecule has 6 nitrogen and oxygen atoms in total. The molecular formula is C12H15NO5S. The molecule has 0 amide bonds. The molecule has 0 aliphatic heterocycles. The van der Waals surface area contributed by atoms with Crippen LogP contribution in [0.4, 0.5) is 0 Å². The van der Waals surface area contributed by atoms with Crippen molar-refractivity contribution in [3.05, 3.63) is 24.1 Å². The third-order valence-electron chi connectivity index (χ3n) is 2.87. The molecule has 0 fully saturated rings. The average Bonchev–Trinajstić information content (AvgIpc) is 2.63. The first-order valence-electron chi connectivity index (χ1n) is 5.81. The zero-order valence-corrected chi connectivity index (χ0v) is 11.6. The van der Waals surface area contributed by atoms with E-state index in [1.165, 1.54) is 0 Å². The standard InChI is InChI=1S/C12H15NO5S/c1-9-13(6-3-7-19(14,15)16)11-8-10(17-2)4-5-12(11)18-9/h4-5,8H,3,6-7H2,1-2H3. The quantitative estimate of drug-likeness (QED) is 0.604. The predicted octanol–water partition coefficient (Wildman–Crippen LogP) is 0.973. The first-order valence-corrected chi connectivity index (χ1v) is 7.39. The lowest BCUT2D eigenvalue weighted by Gasteiger charge is -2.03. The highest BCUT2D eigenvalue weighted by atomic mass is 32.2. The van der Waals surface area contributed by atoms with Crippen molar-refractivity contribution in [2.24, 2.45) is 0 Å². The molecule has 0 unspecified atom stereocenters. The van der Waals surface area contributed by atoms with E-state index in [0.717, 1.165) is 5.52 Å². The molecule has 2 aromatic rings. The van der Waals surface area contributed by atoms with Crippen LogP contribution in [0.3, 0.4) is 0 Å². The predicted molar refractivity (Wildman–Crippen MR) is 66.9 cm³/mol. The largest absolute Gasteiger partial charge is 0.748 e. The summed E-state index contributed by atoms with van der Waals surface area (Å²) < 4.78 is 44.3. The van der Waals surface area contributed by atoms with E-state index >= 15 is 0 Å². The molecule has 0 N–H and O–H groups in total. The van der Waals surface area contributed by atoms with Gasteiger partial charge in [0, 0.05) is 12.2 Å². The van der Waals surface area contributed by atoms with Crippen LogP contribution in [0.1, 0.15) is 12.3 Å². The maximum atomic E-state index is 10.6. The first-order chi connectivity index (χ1) is 8.90. The fourth-order valence-electron chi connectivity index (χ4n) is 1.98. The molecule has 19 heavy (non-hydrogen) atoms. The van der Waals surface area contributed by atoms with E-state index in [0.29, 0.717) is 23.8 Å². The Bertz CT molecular complexity index is 689. The Hall–Kier alpha value is -1.60. The van der Waals surface area contributed by atoms with Crippen LogP contribution in [-0.2, 0) is 16.7 Å². The number of aryl methyl sites for hydroxylation is 2. The van der Waals surface area contributed by atoms with Crippen molar-refractivity contribution in [3.8, 4) is 5.75 Å². The SMILES string of the molecule is COc1ccc2oc(C)[n+](CCCS(=O)(=O)[O-])c2c1. The summed E-state index contributed by atoms with van der Waals surface area (Å²) in [5, 5.41) is 0. The van der Waals surface area contributed by atoms with Gasteiger partial charge in [-0.2, -0.15) is 4.57 Å². The summed E-state index contributed by atoms with van der Waals surface area (Å²) in [5.41, 5.74) is 1.52. The van der Waals surface area contributed by atoms with Crippen molar-refractivity contribution >= 4 is 21.2 Å². The minimum Gasteiger partial charge on any atom is -0.748 e. The van der Waals surface area contributed by atoms with Gasteiger partial charge in [0.25, 0.3) is 5.52 Å². The minimum absolute atomic E-state index is 0.253. The molecule has 0 aliphatic carbocycles. The fraction of sp³-hybridized carbons (Fsp3) is 0.417. The molecule has 0 radical (unpaired) electrons. The lowest BCUT2D eigenvalue weighted by atomic mass is 10.3. The van der Waals surface area contributed by atoms with Crippen molar-refractivity contribution in [2.45, 2.75) is 19.9 Å². The summed E-state index contributed by atoms with van der Waals surface area (Å²) in [5.74, 6) is 0.973. The van der Waals surface area contributed by atoms with Crippen molar-refractivity contribution in [1.82, 2.24) is 0 Å². The summed E-state index contributed by atoms with van der Waals surface area (Å²) in [6, 6.07) is 5.40. The van der Waals surface area contributed by atoms with Gasteiger partial charge in [0.05, 0.1) is 30.2 Å². The van der Waals surface area contributed by atoms with Gasteiger partial charge in [-0.1, -0.05) is 0 Å². The molecule has 0 spiro atoms. The maximum Gasteiger partial charge on any atom is 0.344 e. The average molecular weight is 285 g/mol. The highest BCUT2D eigenvalue weighted by molar-refractivity contribution is 7.85. The third kappa shape index (κ3) is 3.24. The number of hydrogen-bond acceptors (Lipinski definition) is 5. The lowest BCUT2D eigenvalue weighted by molar-refractivity contribution is -0.682. The van der Waals surface area contributed by atoms with Crippen LogP contribution in [-0.4, -0.2) is 25.8 Å². The molecular weight excluding hydrogens is 270 g/mol. The fourth-order valence-corrected chi connectivity index (χ4v) is 2.47. The number of hydrogen-bond donors (Lipinski definition) is 0. The van der Waals surface area contributed by atoms with Gasteiger partial charge in [-0.25, -0.2) is 8.42 Å². The van der Waals surface area contributed by atoms with Gasteiger partial charge < -0.3 is 13.7 Å². The smallest absolute Gasteiger partial charge is 0.344 e. The number of fused-ring (bicyclic) bond motifs is 1. The molecule has 1 aromatic heterocycles. The molecule has 104 valence electrons. The van der Waals surface area contributed by atoms with Crippen LogP contribution in [0.15, 0.2) is 22.6 Å².